The molecule has 0 aliphatic heterocycles. The van der Waals surface area contributed by atoms with Gasteiger partial charge in [0, 0.05) is 6.08 Å². The number of allylic oxidation sites excluding steroid dienone is 1. The third-order valence-corrected chi connectivity index (χ3v) is 6.85. The summed E-state index contributed by atoms with van der Waals surface area (Å²) in [4.78, 5) is 10.9. The summed E-state index contributed by atoms with van der Waals surface area (Å²) in [7, 11) is 0. The number of aliphatic carboxylic acids is 1. The lowest BCUT2D eigenvalue weighted by atomic mass is 9.72. The molecular formula is C30H24FN3O2. The second-order valence-electron chi connectivity index (χ2n) is 9.09. The zero-order valence-electron chi connectivity index (χ0n) is 19.8. The third kappa shape index (κ3) is 4.32. The number of aromatic nitrogens is 2. The van der Waals surface area contributed by atoms with Gasteiger partial charge in [-0.1, -0.05) is 48.9 Å². The summed E-state index contributed by atoms with van der Waals surface area (Å²) in [6, 6.07) is 21.2. The number of carboxylic acids is 1. The number of hydrogen-bond acceptors (Lipinski definition) is 3. The lowest BCUT2D eigenvalue weighted by Crippen LogP contribution is -2.16. The van der Waals surface area contributed by atoms with Crippen LogP contribution >= 0.6 is 0 Å². The number of aromatic amines is 1. The molecule has 178 valence electrons. The fraction of sp³-hybridized carbons (Fsp3) is 0.167. The molecule has 1 aromatic heterocycles. The van der Waals surface area contributed by atoms with Crippen molar-refractivity contribution in [1.82, 2.24) is 10.2 Å². The van der Waals surface area contributed by atoms with E-state index in [2.05, 4.69) is 16.3 Å². The van der Waals surface area contributed by atoms with Gasteiger partial charge in [0.15, 0.2) is 0 Å². The average Bonchev–Trinajstić information content (AvgIpc) is 3.23. The molecule has 0 amide bonds. The van der Waals surface area contributed by atoms with Crippen molar-refractivity contribution < 1.29 is 14.3 Å². The van der Waals surface area contributed by atoms with Gasteiger partial charge >= 0.3 is 5.97 Å². The van der Waals surface area contributed by atoms with Crippen molar-refractivity contribution in [2.75, 3.05) is 0 Å². The van der Waals surface area contributed by atoms with Gasteiger partial charge in [0.1, 0.15) is 0 Å². The molecule has 0 unspecified atom stereocenters. The molecule has 6 heteroatoms. The summed E-state index contributed by atoms with van der Waals surface area (Å²) in [5.74, 6) is -1.20. The molecule has 4 aromatic rings. The number of hydrogen-bond donors (Lipinski definition) is 2. The van der Waals surface area contributed by atoms with E-state index < -0.39 is 11.9 Å². The van der Waals surface area contributed by atoms with Gasteiger partial charge < -0.3 is 5.11 Å². The second-order valence-corrected chi connectivity index (χ2v) is 9.09. The molecule has 5 rings (SSSR count). The van der Waals surface area contributed by atoms with Crippen molar-refractivity contribution in [2.24, 2.45) is 5.92 Å². The molecule has 0 saturated heterocycles. The summed E-state index contributed by atoms with van der Waals surface area (Å²) in [5, 5.41) is 25.4. The van der Waals surface area contributed by atoms with Gasteiger partial charge in [-0.05, 0) is 88.9 Å². The molecule has 0 spiro atoms. The topological polar surface area (TPSA) is 89.8 Å². The van der Waals surface area contributed by atoms with E-state index in [9.17, 15) is 10.1 Å². The first kappa shape index (κ1) is 23.3. The highest BCUT2D eigenvalue weighted by molar-refractivity contribution is 6.06. The van der Waals surface area contributed by atoms with Crippen molar-refractivity contribution in [3.05, 3.63) is 106 Å². The van der Waals surface area contributed by atoms with Gasteiger partial charge in [-0.2, -0.15) is 14.8 Å². The molecule has 5 nitrogen and oxygen atoms in total. The van der Waals surface area contributed by atoms with Gasteiger partial charge in [0.2, 0.25) is 5.95 Å². The number of H-pyrrole nitrogens is 1. The number of carbonyl (C=O) groups is 1. The molecule has 1 heterocycles. The molecule has 36 heavy (non-hydrogen) atoms. The summed E-state index contributed by atoms with van der Waals surface area (Å²) in [6.07, 6.45) is 5.83. The number of carboxylic acid groups (broad SMARTS) is 1. The highest BCUT2D eigenvalue weighted by Gasteiger charge is 2.29. The minimum absolute atomic E-state index is 0.295. The first-order chi connectivity index (χ1) is 17.5. The first-order valence-corrected chi connectivity index (χ1v) is 11.9. The molecule has 0 bridgehead atoms. The predicted molar refractivity (Wildman–Crippen MR) is 138 cm³/mol. The quantitative estimate of drug-likeness (QED) is 0.238. The van der Waals surface area contributed by atoms with E-state index in [-0.39, 0.29) is 0 Å². The Balaban J connectivity index is 1.81. The van der Waals surface area contributed by atoms with Crippen LogP contribution in [0.4, 0.5) is 4.39 Å². The number of nitriles is 1. The van der Waals surface area contributed by atoms with Crippen molar-refractivity contribution >= 4 is 34.1 Å². The van der Waals surface area contributed by atoms with Crippen molar-refractivity contribution in [2.45, 2.75) is 26.2 Å². The standard InChI is InChI=1S/C30H24FN3O2/c1-18-16-20(17-32)10-14-23(18)27(21-4-2-5-21)28(22-12-8-19(9-13-22)11-15-26(35)36)24-6-3-7-25-29(24)30(31)34-33-25/h3,6-16,21H,2,4-5H2,1H3,(H,33,34)(H,35,36)/b15-11+,28-27+. The lowest BCUT2D eigenvalue weighted by Gasteiger charge is -2.32. The van der Waals surface area contributed by atoms with Crippen molar-refractivity contribution in [3.63, 3.8) is 0 Å². The fourth-order valence-corrected chi connectivity index (χ4v) is 4.91. The van der Waals surface area contributed by atoms with Gasteiger partial charge in [0.25, 0.3) is 0 Å². The van der Waals surface area contributed by atoms with Gasteiger partial charge in [-0.15, -0.1) is 0 Å². The van der Waals surface area contributed by atoms with Crippen LogP contribution in [0.5, 0.6) is 0 Å². The van der Waals surface area contributed by atoms with Crippen molar-refractivity contribution in [3.8, 4) is 6.07 Å². The van der Waals surface area contributed by atoms with Crippen LogP contribution in [0.3, 0.4) is 0 Å². The molecular weight excluding hydrogens is 453 g/mol. The summed E-state index contributed by atoms with van der Waals surface area (Å²) in [5.41, 5.74) is 7.65. The van der Waals surface area contributed by atoms with Crippen LogP contribution in [0.15, 0.2) is 66.7 Å². The fourth-order valence-electron chi connectivity index (χ4n) is 4.91. The van der Waals surface area contributed by atoms with Crippen LogP contribution in [0.1, 0.15) is 52.6 Å². The number of aryl methyl sites for hydroxylation is 1. The predicted octanol–water partition coefficient (Wildman–Crippen LogP) is 6.74. The van der Waals surface area contributed by atoms with E-state index in [0.29, 0.717) is 22.4 Å². The Morgan fingerprint density at radius 3 is 2.56 bits per heavy atom. The Bertz CT molecular complexity index is 1570. The van der Waals surface area contributed by atoms with Gasteiger partial charge in [-0.3, -0.25) is 5.10 Å². The van der Waals surface area contributed by atoms with Crippen LogP contribution in [-0.4, -0.2) is 21.3 Å². The van der Waals surface area contributed by atoms with Crippen LogP contribution in [0.2, 0.25) is 0 Å². The minimum atomic E-state index is -1.01. The van der Waals surface area contributed by atoms with E-state index in [1.54, 1.807) is 12.1 Å². The van der Waals surface area contributed by atoms with Crippen LogP contribution in [-0.2, 0) is 4.79 Å². The smallest absolute Gasteiger partial charge is 0.328 e. The molecule has 1 saturated carbocycles. The molecule has 0 radical (unpaired) electrons. The maximum Gasteiger partial charge on any atom is 0.328 e. The molecule has 0 atom stereocenters. The van der Waals surface area contributed by atoms with E-state index in [1.165, 1.54) is 0 Å². The number of benzene rings is 3. The Hall–Kier alpha value is -4.50. The van der Waals surface area contributed by atoms with Crippen LogP contribution in [0.25, 0.3) is 28.1 Å². The number of halogens is 1. The monoisotopic (exact) mass is 477 g/mol. The van der Waals surface area contributed by atoms with E-state index >= 15 is 4.39 Å². The molecule has 3 aromatic carbocycles. The Morgan fingerprint density at radius 2 is 1.92 bits per heavy atom. The lowest BCUT2D eigenvalue weighted by molar-refractivity contribution is -0.131. The second kappa shape index (κ2) is 9.63. The largest absolute Gasteiger partial charge is 0.478 e. The number of fused-ring (bicyclic) bond motifs is 1. The first-order valence-electron chi connectivity index (χ1n) is 11.9. The van der Waals surface area contributed by atoms with E-state index in [4.69, 9.17) is 5.11 Å². The SMILES string of the molecule is Cc1cc(C#N)ccc1/C(=C(\c1ccc(/C=C/C(=O)O)cc1)c1cccc2n[nH]c(F)c12)C1CCC1. The highest BCUT2D eigenvalue weighted by Crippen LogP contribution is 2.47. The number of nitrogens with zero attached hydrogens (tertiary/aromatic N) is 2. The van der Waals surface area contributed by atoms with Crippen LogP contribution < -0.4 is 0 Å². The van der Waals surface area contributed by atoms with Crippen molar-refractivity contribution in [1.29, 1.82) is 5.26 Å². The third-order valence-electron chi connectivity index (χ3n) is 6.85. The zero-order valence-corrected chi connectivity index (χ0v) is 19.8. The number of rotatable bonds is 6. The molecule has 2 N–H and O–H groups in total. The Morgan fingerprint density at radius 1 is 1.14 bits per heavy atom. The maximum atomic E-state index is 15.0. The van der Waals surface area contributed by atoms with E-state index in [1.807, 2.05) is 61.5 Å². The molecule has 1 aliphatic rings. The summed E-state index contributed by atoms with van der Waals surface area (Å²) >= 11 is 0. The zero-order chi connectivity index (χ0) is 25.2. The summed E-state index contributed by atoms with van der Waals surface area (Å²) in [6.45, 7) is 2.01. The maximum absolute atomic E-state index is 15.0. The molecule has 1 aliphatic carbocycles. The molecule has 1 fully saturated rings. The van der Waals surface area contributed by atoms with Crippen LogP contribution in [0, 0.1) is 30.1 Å². The minimum Gasteiger partial charge on any atom is -0.478 e. The normalized spacial score (nSPS) is 14.5. The Labute approximate surface area is 208 Å². The van der Waals surface area contributed by atoms with E-state index in [0.717, 1.165) is 64.3 Å². The average molecular weight is 478 g/mol. The van der Waals surface area contributed by atoms with Gasteiger partial charge in [0.05, 0.1) is 22.5 Å². The number of nitrogens with one attached hydrogen (secondary N) is 1. The summed E-state index contributed by atoms with van der Waals surface area (Å²) < 4.78 is 15.0. The Kier molecular flexibility index (Phi) is 6.22. The van der Waals surface area contributed by atoms with Gasteiger partial charge in [-0.25, -0.2) is 4.79 Å². The highest BCUT2D eigenvalue weighted by atomic mass is 19.1.